The molecule has 0 bridgehead atoms. The van der Waals surface area contributed by atoms with Crippen molar-refractivity contribution in [1.29, 1.82) is 0 Å². The van der Waals surface area contributed by atoms with Crippen molar-refractivity contribution in [1.82, 2.24) is 0 Å². The average molecular weight is 203 g/mol. The van der Waals surface area contributed by atoms with Crippen LogP contribution in [0.5, 0.6) is 5.75 Å². The summed E-state index contributed by atoms with van der Waals surface area (Å²) in [7, 11) is 0. The van der Waals surface area contributed by atoms with E-state index in [4.69, 9.17) is 16.3 Å². The van der Waals surface area contributed by atoms with Crippen LogP contribution < -0.4 is 4.74 Å². The standard InChI is InChI=1S/C10H12ClFO/c1-8-7-9(3-4-10(8)12)13-6-2-5-11/h3-4,7H,2,5-6H2,1H3. The highest BCUT2D eigenvalue weighted by Crippen LogP contribution is 2.15. The zero-order chi connectivity index (χ0) is 9.68. The lowest BCUT2D eigenvalue weighted by molar-refractivity contribution is 0.317. The molecule has 0 atom stereocenters. The maximum Gasteiger partial charge on any atom is 0.126 e. The Morgan fingerprint density at radius 2 is 2.23 bits per heavy atom. The molecule has 0 radical (unpaired) electrons. The molecule has 0 aromatic heterocycles. The molecule has 0 saturated carbocycles. The summed E-state index contributed by atoms with van der Waals surface area (Å²) in [5.74, 6) is 1.08. The summed E-state index contributed by atoms with van der Waals surface area (Å²) in [4.78, 5) is 0. The summed E-state index contributed by atoms with van der Waals surface area (Å²) in [6, 6.07) is 4.71. The number of benzene rings is 1. The topological polar surface area (TPSA) is 9.23 Å². The summed E-state index contributed by atoms with van der Waals surface area (Å²) in [6.07, 6.45) is 0.804. The number of hydrogen-bond acceptors (Lipinski definition) is 1. The molecule has 1 aromatic carbocycles. The normalized spacial score (nSPS) is 10.1. The maximum absolute atomic E-state index is 12.8. The van der Waals surface area contributed by atoms with Gasteiger partial charge in [-0.3, -0.25) is 0 Å². The van der Waals surface area contributed by atoms with Crippen LogP contribution in [0.2, 0.25) is 0 Å². The zero-order valence-corrected chi connectivity index (χ0v) is 8.27. The Morgan fingerprint density at radius 1 is 1.46 bits per heavy atom. The van der Waals surface area contributed by atoms with Gasteiger partial charge in [0, 0.05) is 5.88 Å². The van der Waals surface area contributed by atoms with Crippen LogP contribution in [0.25, 0.3) is 0 Å². The second-order valence-corrected chi connectivity index (χ2v) is 3.18. The number of aryl methyl sites for hydroxylation is 1. The molecule has 0 unspecified atom stereocenters. The van der Waals surface area contributed by atoms with Crippen LogP contribution in [0.4, 0.5) is 4.39 Å². The molecule has 0 amide bonds. The molecule has 1 nitrogen and oxygen atoms in total. The Hall–Kier alpha value is -0.760. The van der Waals surface area contributed by atoms with Crippen molar-refractivity contribution >= 4 is 11.6 Å². The summed E-state index contributed by atoms with van der Waals surface area (Å²) < 4.78 is 18.1. The molecule has 0 N–H and O–H groups in total. The van der Waals surface area contributed by atoms with E-state index in [0.717, 1.165) is 6.42 Å². The third-order valence-corrected chi connectivity index (χ3v) is 1.94. The van der Waals surface area contributed by atoms with Gasteiger partial charge < -0.3 is 4.74 Å². The number of halogens is 2. The average Bonchev–Trinajstić information content (AvgIpc) is 2.12. The van der Waals surface area contributed by atoms with Crippen molar-refractivity contribution in [3.63, 3.8) is 0 Å². The predicted octanol–water partition coefficient (Wildman–Crippen LogP) is 3.14. The lowest BCUT2D eigenvalue weighted by Crippen LogP contribution is -1.98. The van der Waals surface area contributed by atoms with E-state index >= 15 is 0 Å². The molecule has 0 saturated heterocycles. The summed E-state index contributed by atoms with van der Waals surface area (Å²) >= 11 is 5.48. The minimum absolute atomic E-state index is 0.204. The van der Waals surface area contributed by atoms with Gasteiger partial charge in [0.05, 0.1) is 6.61 Å². The van der Waals surface area contributed by atoms with E-state index in [0.29, 0.717) is 23.8 Å². The van der Waals surface area contributed by atoms with Crippen molar-refractivity contribution in [2.24, 2.45) is 0 Å². The molecule has 0 aliphatic rings. The van der Waals surface area contributed by atoms with Crippen LogP contribution in [-0.4, -0.2) is 12.5 Å². The van der Waals surface area contributed by atoms with Crippen molar-refractivity contribution in [2.75, 3.05) is 12.5 Å². The van der Waals surface area contributed by atoms with Gasteiger partial charge in [-0.2, -0.15) is 0 Å². The number of alkyl halides is 1. The smallest absolute Gasteiger partial charge is 0.126 e. The fourth-order valence-electron chi connectivity index (χ4n) is 0.952. The van der Waals surface area contributed by atoms with Gasteiger partial charge in [-0.15, -0.1) is 11.6 Å². The molecular formula is C10H12ClFO. The van der Waals surface area contributed by atoms with Crippen LogP contribution >= 0.6 is 11.6 Å². The van der Waals surface area contributed by atoms with Crippen LogP contribution in [-0.2, 0) is 0 Å². The SMILES string of the molecule is Cc1cc(OCCCCl)ccc1F. The van der Waals surface area contributed by atoms with E-state index in [1.54, 1.807) is 19.1 Å². The fourth-order valence-corrected chi connectivity index (χ4v) is 1.06. The minimum Gasteiger partial charge on any atom is -0.494 e. The van der Waals surface area contributed by atoms with Crippen LogP contribution in [0.1, 0.15) is 12.0 Å². The molecule has 1 rings (SSSR count). The van der Waals surface area contributed by atoms with E-state index < -0.39 is 0 Å². The molecule has 0 aliphatic carbocycles. The third kappa shape index (κ3) is 3.23. The number of ether oxygens (including phenoxy) is 1. The Morgan fingerprint density at radius 3 is 2.85 bits per heavy atom. The first-order valence-electron chi connectivity index (χ1n) is 4.19. The van der Waals surface area contributed by atoms with Crippen LogP contribution in [0, 0.1) is 12.7 Å². The van der Waals surface area contributed by atoms with E-state index in [9.17, 15) is 4.39 Å². The molecule has 3 heteroatoms. The highest BCUT2D eigenvalue weighted by molar-refractivity contribution is 6.17. The lowest BCUT2D eigenvalue weighted by atomic mass is 10.2. The van der Waals surface area contributed by atoms with Gasteiger partial charge in [0.2, 0.25) is 0 Å². The summed E-state index contributed by atoms with van der Waals surface area (Å²) in [5.41, 5.74) is 0.600. The Labute approximate surface area is 82.5 Å². The second kappa shape index (κ2) is 5.07. The van der Waals surface area contributed by atoms with Crippen LogP contribution in [0.15, 0.2) is 18.2 Å². The van der Waals surface area contributed by atoms with Crippen molar-refractivity contribution < 1.29 is 9.13 Å². The minimum atomic E-state index is -0.204. The van der Waals surface area contributed by atoms with Crippen molar-refractivity contribution in [2.45, 2.75) is 13.3 Å². The van der Waals surface area contributed by atoms with Gasteiger partial charge in [-0.25, -0.2) is 4.39 Å². The molecule has 0 aliphatic heterocycles. The van der Waals surface area contributed by atoms with Gasteiger partial charge in [0.15, 0.2) is 0 Å². The summed E-state index contributed by atoms with van der Waals surface area (Å²) in [5, 5.41) is 0. The van der Waals surface area contributed by atoms with Crippen molar-refractivity contribution in [3.8, 4) is 5.75 Å². The molecule has 0 fully saturated rings. The predicted molar refractivity (Wildman–Crippen MR) is 52.0 cm³/mol. The molecule has 0 spiro atoms. The van der Waals surface area contributed by atoms with Gasteiger partial charge >= 0.3 is 0 Å². The Bertz CT molecular complexity index is 276. The third-order valence-electron chi connectivity index (χ3n) is 1.68. The fraction of sp³-hybridized carbons (Fsp3) is 0.400. The maximum atomic E-state index is 12.8. The molecule has 1 aromatic rings. The Kier molecular flexibility index (Phi) is 4.03. The van der Waals surface area contributed by atoms with Gasteiger partial charge in [0.1, 0.15) is 11.6 Å². The van der Waals surface area contributed by atoms with Crippen molar-refractivity contribution in [3.05, 3.63) is 29.6 Å². The van der Waals surface area contributed by atoms with E-state index in [1.165, 1.54) is 6.07 Å². The van der Waals surface area contributed by atoms with Crippen LogP contribution in [0.3, 0.4) is 0 Å². The highest BCUT2D eigenvalue weighted by atomic mass is 35.5. The summed E-state index contributed by atoms with van der Waals surface area (Å²) in [6.45, 7) is 2.29. The lowest BCUT2D eigenvalue weighted by Gasteiger charge is -2.05. The first kappa shape index (κ1) is 10.3. The first-order chi connectivity index (χ1) is 6.24. The molecule has 0 heterocycles. The van der Waals surface area contributed by atoms with E-state index in [2.05, 4.69) is 0 Å². The molecular weight excluding hydrogens is 191 g/mol. The van der Waals surface area contributed by atoms with Gasteiger partial charge in [-0.05, 0) is 37.1 Å². The van der Waals surface area contributed by atoms with Gasteiger partial charge in [-0.1, -0.05) is 0 Å². The quantitative estimate of drug-likeness (QED) is 0.539. The van der Waals surface area contributed by atoms with Gasteiger partial charge in [0.25, 0.3) is 0 Å². The second-order valence-electron chi connectivity index (χ2n) is 2.80. The zero-order valence-electron chi connectivity index (χ0n) is 7.52. The highest BCUT2D eigenvalue weighted by Gasteiger charge is 1.98. The first-order valence-corrected chi connectivity index (χ1v) is 4.72. The van der Waals surface area contributed by atoms with E-state index in [-0.39, 0.29) is 5.82 Å². The molecule has 72 valence electrons. The Balaban J connectivity index is 2.53. The van der Waals surface area contributed by atoms with E-state index in [1.807, 2.05) is 0 Å². The monoisotopic (exact) mass is 202 g/mol. The number of rotatable bonds is 4. The largest absolute Gasteiger partial charge is 0.494 e. The molecule has 13 heavy (non-hydrogen) atoms. The number of hydrogen-bond donors (Lipinski definition) is 0.